The molecule has 1 aliphatic carbocycles. The Balaban J connectivity index is 0.000000515. The minimum Gasteiger partial charge on any atom is -0.475 e. The number of carboxylic acids is 1. The second kappa shape index (κ2) is 11.4. The molecule has 0 atom stereocenters. The molecular weight excluding hydrogens is 597 g/mol. The van der Waals surface area contributed by atoms with Crippen LogP contribution in [0.4, 0.5) is 40.1 Å². The number of piperazine rings is 1. The number of carboxylic acid groups (broad SMARTS) is 1. The molecule has 2 N–H and O–H groups in total. The largest absolute Gasteiger partial charge is 0.490 e. The van der Waals surface area contributed by atoms with Gasteiger partial charge < -0.3 is 14.7 Å². The van der Waals surface area contributed by atoms with Crippen molar-refractivity contribution in [2.45, 2.75) is 71.2 Å². The van der Waals surface area contributed by atoms with Gasteiger partial charge in [0.15, 0.2) is 11.5 Å². The molecule has 0 unspecified atom stereocenters. The van der Waals surface area contributed by atoms with E-state index in [1.165, 1.54) is 0 Å². The summed E-state index contributed by atoms with van der Waals surface area (Å²) in [4.78, 5) is 50.1. The Kier molecular flexibility index (Phi) is 8.04. The van der Waals surface area contributed by atoms with Crippen LogP contribution >= 0.6 is 0 Å². The molecule has 45 heavy (non-hydrogen) atoms. The molecule has 3 amide bonds. The van der Waals surface area contributed by atoms with Gasteiger partial charge in [-0.3, -0.25) is 15.1 Å². The number of aliphatic carboxylic acids is 1. The van der Waals surface area contributed by atoms with Gasteiger partial charge in [-0.05, 0) is 71.6 Å². The highest BCUT2D eigenvalue weighted by Gasteiger charge is 2.54. The predicted octanol–water partition coefficient (Wildman–Crippen LogP) is 4.56. The summed E-state index contributed by atoms with van der Waals surface area (Å²) in [6.07, 6.45) is 0.951. The summed E-state index contributed by atoms with van der Waals surface area (Å²) in [7, 11) is 0. The summed E-state index contributed by atoms with van der Waals surface area (Å²) in [5.74, 6) is -1.61. The van der Waals surface area contributed by atoms with Crippen LogP contribution in [0.5, 0.6) is 0 Å². The number of amides is 3. The fraction of sp³-hybridized carbons (Fsp3) is 0.517. The third kappa shape index (κ3) is 6.73. The van der Waals surface area contributed by atoms with Crippen LogP contribution in [0.1, 0.15) is 50.4 Å². The van der Waals surface area contributed by atoms with Crippen LogP contribution < -0.4 is 15.1 Å². The van der Waals surface area contributed by atoms with Crippen molar-refractivity contribution in [1.29, 1.82) is 0 Å². The smallest absolute Gasteiger partial charge is 0.475 e. The number of anilines is 3. The molecule has 2 fully saturated rings. The van der Waals surface area contributed by atoms with Gasteiger partial charge in [0.25, 0.3) is 0 Å². The Morgan fingerprint density at radius 3 is 2.40 bits per heavy atom. The maximum absolute atomic E-state index is 13.3. The average molecular weight is 633 g/mol. The first-order valence-corrected chi connectivity index (χ1v) is 14.4. The van der Waals surface area contributed by atoms with E-state index >= 15 is 0 Å². The molecule has 1 saturated carbocycles. The Labute approximate surface area is 257 Å². The summed E-state index contributed by atoms with van der Waals surface area (Å²) >= 11 is 0. The number of carbonyl (C=O) groups excluding carboxylic acids is 2. The summed E-state index contributed by atoms with van der Waals surface area (Å²) in [6, 6.07) is 3.60. The number of ether oxygens (including phenoxy) is 1. The molecule has 3 aliphatic rings. The maximum atomic E-state index is 13.3. The van der Waals surface area contributed by atoms with E-state index in [0.29, 0.717) is 31.3 Å². The normalized spacial score (nSPS) is 17.1. The predicted molar refractivity (Wildman–Crippen MR) is 158 cm³/mol. The first-order valence-electron chi connectivity index (χ1n) is 14.4. The molecule has 242 valence electrons. The molecule has 0 aromatic carbocycles. The lowest BCUT2D eigenvalue weighted by Gasteiger charge is -2.43. The van der Waals surface area contributed by atoms with Crippen LogP contribution in [0.3, 0.4) is 0 Å². The van der Waals surface area contributed by atoms with Crippen molar-refractivity contribution in [3.8, 4) is 0 Å². The van der Waals surface area contributed by atoms with Crippen LogP contribution in [0, 0.1) is 13.8 Å². The second-order valence-corrected chi connectivity index (χ2v) is 12.4. The zero-order chi connectivity index (χ0) is 32.9. The third-order valence-electron chi connectivity index (χ3n) is 7.73. The van der Waals surface area contributed by atoms with E-state index in [1.807, 2.05) is 57.8 Å². The zero-order valence-corrected chi connectivity index (χ0v) is 25.6. The number of fused-ring (bicyclic) bond motifs is 2. The van der Waals surface area contributed by atoms with Crippen molar-refractivity contribution >= 4 is 41.1 Å². The van der Waals surface area contributed by atoms with Crippen molar-refractivity contribution in [2.75, 3.05) is 41.3 Å². The second-order valence-electron chi connectivity index (χ2n) is 12.4. The number of alkyl halides is 3. The molecule has 2 aliphatic heterocycles. The molecule has 0 radical (unpaired) electrons. The molecule has 6 rings (SSSR count). The van der Waals surface area contributed by atoms with Crippen LogP contribution in [0.2, 0.25) is 0 Å². The molecule has 5 heterocycles. The van der Waals surface area contributed by atoms with Gasteiger partial charge >= 0.3 is 24.3 Å². The molecule has 3 aromatic heterocycles. The van der Waals surface area contributed by atoms with Crippen LogP contribution in [-0.2, 0) is 16.0 Å². The molecule has 13 nitrogen and oxygen atoms in total. The van der Waals surface area contributed by atoms with E-state index in [9.17, 15) is 22.8 Å². The number of imidazole rings is 1. The van der Waals surface area contributed by atoms with Gasteiger partial charge in [-0.25, -0.2) is 28.9 Å². The molecule has 0 bridgehead atoms. The van der Waals surface area contributed by atoms with Gasteiger partial charge in [-0.15, -0.1) is 5.10 Å². The number of pyridine rings is 1. The Morgan fingerprint density at radius 1 is 1.09 bits per heavy atom. The van der Waals surface area contributed by atoms with Crippen molar-refractivity contribution in [3.63, 3.8) is 0 Å². The average Bonchev–Trinajstić information content (AvgIpc) is 3.35. The summed E-state index contributed by atoms with van der Waals surface area (Å²) in [5.41, 5.74) is 4.04. The monoisotopic (exact) mass is 632 g/mol. The maximum Gasteiger partial charge on any atom is 0.490 e. The highest BCUT2D eigenvalue weighted by molar-refractivity contribution is 6.02. The standard InChI is InChI=1S/C27H34N8O3.C2HF3O2/c1-17-14-21(31-35-15-18(2)29-22(17)35)30-24(36)33-11-7-19-20(6-10-28-23(19)33)32-12-13-34(27(16-32)8-9-27)25(37)38-26(3,4)5;3-2(4,5)1(6)7/h6,10,14-15H,7-9,11-13,16H2,1-5H3,(H,30,31,36);(H,6,7). The SMILES string of the molecule is Cc1cn2nc(NC(=O)N3CCc4c(N5CCN(C(=O)OC(C)(C)C)C6(CC6)C5)ccnc43)cc(C)c2n1.O=C(O)C(F)(F)F. The number of halogens is 3. The fourth-order valence-corrected chi connectivity index (χ4v) is 5.61. The van der Waals surface area contributed by atoms with Crippen molar-refractivity contribution < 1.29 is 37.4 Å². The Hall–Kier alpha value is -4.63. The lowest BCUT2D eigenvalue weighted by atomic mass is 10.1. The number of urea groups is 1. The highest BCUT2D eigenvalue weighted by Crippen LogP contribution is 2.47. The Morgan fingerprint density at radius 2 is 1.78 bits per heavy atom. The van der Waals surface area contributed by atoms with Gasteiger partial charge in [0.05, 0.1) is 17.4 Å². The number of carbonyl (C=O) groups is 3. The number of aromatic nitrogens is 4. The number of nitrogens with one attached hydrogen (secondary N) is 1. The molecule has 1 spiro atoms. The lowest BCUT2D eigenvalue weighted by Crippen LogP contribution is -2.58. The molecule has 16 heteroatoms. The Bertz CT molecular complexity index is 1650. The number of nitrogens with zero attached hydrogens (tertiary/aromatic N) is 7. The summed E-state index contributed by atoms with van der Waals surface area (Å²) in [5, 5.41) is 14.6. The highest BCUT2D eigenvalue weighted by atomic mass is 19.4. The van der Waals surface area contributed by atoms with E-state index < -0.39 is 17.7 Å². The lowest BCUT2D eigenvalue weighted by molar-refractivity contribution is -0.192. The van der Waals surface area contributed by atoms with E-state index in [-0.39, 0.29) is 17.7 Å². The van der Waals surface area contributed by atoms with Gasteiger partial charge in [0.1, 0.15) is 11.4 Å². The first-order chi connectivity index (χ1) is 21.0. The van der Waals surface area contributed by atoms with E-state index in [2.05, 4.69) is 25.3 Å². The topological polar surface area (TPSA) is 146 Å². The molecule has 1 saturated heterocycles. The van der Waals surface area contributed by atoms with Crippen LogP contribution in [0.15, 0.2) is 24.5 Å². The van der Waals surface area contributed by atoms with Crippen molar-refractivity contribution in [2.24, 2.45) is 0 Å². The third-order valence-corrected chi connectivity index (χ3v) is 7.73. The van der Waals surface area contributed by atoms with Gasteiger partial charge in [-0.1, -0.05) is 0 Å². The van der Waals surface area contributed by atoms with Crippen LogP contribution in [-0.4, -0.2) is 91.2 Å². The van der Waals surface area contributed by atoms with Gasteiger partial charge in [0.2, 0.25) is 0 Å². The van der Waals surface area contributed by atoms with Crippen molar-refractivity contribution in [1.82, 2.24) is 24.5 Å². The number of hydrogen-bond acceptors (Lipinski definition) is 8. The van der Waals surface area contributed by atoms with E-state index in [1.54, 1.807) is 15.6 Å². The quantitative estimate of drug-likeness (QED) is 0.415. The van der Waals surface area contributed by atoms with Gasteiger partial charge in [-0.2, -0.15) is 13.2 Å². The van der Waals surface area contributed by atoms with Gasteiger partial charge in [0, 0.05) is 43.6 Å². The number of aryl methyl sites for hydroxylation is 2. The first kappa shape index (κ1) is 31.8. The summed E-state index contributed by atoms with van der Waals surface area (Å²) in [6.45, 7) is 12.2. The zero-order valence-electron chi connectivity index (χ0n) is 25.6. The summed E-state index contributed by atoms with van der Waals surface area (Å²) < 4.78 is 39.1. The minimum atomic E-state index is -5.08. The minimum absolute atomic E-state index is 0.180. The molecule has 3 aromatic rings. The molecular formula is C29H35F3N8O5. The van der Waals surface area contributed by atoms with Crippen LogP contribution in [0.25, 0.3) is 5.65 Å². The number of hydrogen-bond donors (Lipinski definition) is 2. The van der Waals surface area contributed by atoms with E-state index in [4.69, 9.17) is 14.6 Å². The van der Waals surface area contributed by atoms with Crippen molar-refractivity contribution in [3.05, 3.63) is 41.3 Å². The fourth-order valence-electron chi connectivity index (χ4n) is 5.61. The number of rotatable bonds is 2. The van der Waals surface area contributed by atoms with E-state index in [0.717, 1.165) is 54.0 Å².